The van der Waals surface area contributed by atoms with Crippen molar-refractivity contribution in [1.29, 1.82) is 0 Å². The van der Waals surface area contributed by atoms with Gasteiger partial charge in [0, 0.05) is 24.8 Å². The number of hydrogen-bond donors (Lipinski definition) is 1. The summed E-state index contributed by atoms with van der Waals surface area (Å²) in [5.41, 5.74) is 7.09. The molecule has 1 aromatic carbocycles. The number of benzene rings is 1. The molecule has 1 aliphatic rings. The summed E-state index contributed by atoms with van der Waals surface area (Å²) in [4.78, 5) is 2.35. The summed E-state index contributed by atoms with van der Waals surface area (Å²) < 4.78 is 19.0. The lowest BCUT2D eigenvalue weighted by molar-refractivity contribution is -0.0592. The van der Waals surface area contributed by atoms with E-state index in [1.165, 1.54) is 6.07 Å². The number of nitrogens with two attached hydrogens (primary N) is 1. The number of nitrogen functional groups attached to an aromatic ring is 1. The van der Waals surface area contributed by atoms with Crippen LogP contribution < -0.4 is 5.73 Å². The second kappa shape index (κ2) is 5.67. The molecular weight excluding hydrogens is 231 g/mol. The van der Waals surface area contributed by atoms with Crippen LogP contribution in [0.1, 0.15) is 25.8 Å². The van der Waals surface area contributed by atoms with Gasteiger partial charge in [-0.2, -0.15) is 0 Å². The molecule has 1 aromatic rings. The molecule has 4 heteroatoms. The molecule has 2 unspecified atom stereocenters. The second-order valence-electron chi connectivity index (χ2n) is 5.03. The highest BCUT2D eigenvalue weighted by Gasteiger charge is 2.25. The van der Waals surface area contributed by atoms with Crippen molar-refractivity contribution < 1.29 is 9.13 Å². The van der Waals surface area contributed by atoms with Crippen molar-refractivity contribution in [3.8, 4) is 0 Å². The molecule has 0 saturated carbocycles. The van der Waals surface area contributed by atoms with E-state index >= 15 is 0 Å². The fraction of sp³-hybridized carbons (Fsp3) is 0.571. The fourth-order valence-corrected chi connectivity index (χ4v) is 2.48. The standard InChI is InChI=1S/C14H21FN2O/c1-3-14-9-18-10(2)7-17(14)8-11-4-12(15)6-13(16)5-11/h4-6,10,14H,3,7-9,16H2,1-2H3. The van der Waals surface area contributed by atoms with Crippen molar-refractivity contribution in [2.45, 2.75) is 39.0 Å². The van der Waals surface area contributed by atoms with Crippen LogP contribution in [0, 0.1) is 5.82 Å². The van der Waals surface area contributed by atoms with Gasteiger partial charge >= 0.3 is 0 Å². The third-order valence-electron chi connectivity index (χ3n) is 3.42. The zero-order valence-electron chi connectivity index (χ0n) is 11.0. The van der Waals surface area contributed by atoms with Crippen LogP contribution in [0.4, 0.5) is 10.1 Å². The van der Waals surface area contributed by atoms with Crippen LogP contribution in [0.2, 0.25) is 0 Å². The van der Waals surface area contributed by atoms with Gasteiger partial charge in [-0.1, -0.05) is 6.92 Å². The summed E-state index contributed by atoms with van der Waals surface area (Å²) in [5, 5.41) is 0. The molecule has 0 radical (unpaired) electrons. The predicted molar refractivity (Wildman–Crippen MR) is 70.7 cm³/mol. The van der Waals surface area contributed by atoms with Crippen molar-refractivity contribution in [2.24, 2.45) is 0 Å². The Kier molecular flexibility index (Phi) is 4.19. The lowest BCUT2D eigenvalue weighted by atomic mass is 10.1. The molecule has 1 heterocycles. The highest BCUT2D eigenvalue weighted by molar-refractivity contribution is 5.41. The first-order valence-electron chi connectivity index (χ1n) is 6.49. The molecule has 2 N–H and O–H groups in total. The van der Waals surface area contributed by atoms with Gasteiger partial charge in [-0.05, 0) is 37.1 Å². The maximum atomic E-state index is 13.3. The van der Waals surface area contributed by atoms with Gasteiger partial charge in [0.15, 0.2) is 0 Å². The van der Waals surface area contributed by atoms with E-state index in [1.807, 2.05) is 6.07 Å². The first-order chi connectivity index (χ1) is 8.58. The summed E-state index contributed by atoms with van der Waals surface area (Å²) in [5.74, 6) is -0.264. The minimum atomic E-state index is -0.264. The smallest absolute Gasteiger partial charge is 0.125 e. The topological polar surface area (TPSA) is 38.5 Å². The lowest BCUT2D eigenvalue weighted by Crippen LogP contribution is -2.47. The number of anilines is 1. The van der Waals surface area contributed by atoms with Gasteiger partial charge in [-0.15, -0.1) is 0 Å². The van der Waals surface area contributed by atoms with Crippen LogP contribution in [0.15, 0.2) is 18.2 Å². The Morgan fingerprint density at radius 3 is 2.89 bits per heavy atom. The van der Waals surface area contributed by atoms with Crippen molar-refractivity contribution in [3.05, 3.63) is 29.6 Å². The van der Waals surface area contributed by atoms with Crippen LogP contribution >= 0.6 is 0 Å². The SMILES string of the molecule is CCC1COC(C)CN1Cc1cc(N)cc(F)c1. The Labute approximate surface area is 108 Å². The number of rotatable bonds is 3. The summed E-state index contributed by atoms with van der Waals surface area (Å²) >= 11 is 0. The molecule has 2 atom stereocenters. The molecule has 0 aliphatic carbocycles. The summed E-state index contributed by atoms with van der Waals surface area (Å²) in [6.07, 6.45) is 1.27. The van der Waals surface area contributed by atoms with E-state index in [9.17, 15) is 4.39 Å². The highest BCUT2D eigenvalue weighted by atomic mass is 19.1. The van der Waals surface area contributed by atoms with Crippen LogP contribution in [0.25, 0.3) is 0 Å². The van der Waals surface area contributed by atoms with Gasteiger partial charge in [0.25, 0.3) is 0 Å². The highest BCUT2D eigenvalue weighted by Crippen LogP contribution is 2.19. The molecule has 2 rings (SSSR count). The Hall–Kier alpha value is -1.13. The Bertz CT molecular complexity index is 391. The van der Waals surface area contributed by atoms with Crippen molar-refractivity contribution >= 4 is 5.69 Å². The van der Waals surface area contributed by atoms with Gasteiger partial charge in [0.05, 0.1) is 12.7 Å². The zero-order chi connectivity index (χ0) is 13.1. The Balaban J connectivity index is 2.10. The average molecular weight is 252 g/mol. The molecule has 100 valence electrons. The number of hydrogen-bond acceptors (Lipinski definition) is 3. The van der Waals surface area contributed by atoms with E-state index in [-0.39, 0.29) is 11.9 Å². The van der Waals surface area contributed by atoms with Gasteiger partial charge in [0.1, 0.15) is 5.82 Å². The van der Waals surface area contributed by atoms with Crippen LogP contribution in [-0.2, 0) is 11.3 Å². The summed E-state index contributed by atoms with van der Waals surface area (Å²) in [6.45, 7) is 6.58. The quantitative estimate of drug-likeness (QED) is 0.840. The molecule has 0 spiro atoms. The van der Waals surface area contributed by atoms with E-state index in [0.29, 0.717) is 11.7 Å². The lowest BCUT2D eigenvalue weighted by Gasteiger charge is -2.38. The largest absolute Gasteiger partial charge is 0.399 e. The molecule has 0 amide bonds. The maximum absolute atomic E-state index is 13.3. The summed E-state index contributed by atoms with van der Waals surface area (Å²) in [7, 11) is 0. The van der Waals surface area contributed by atoms with Gasteiger partial charge in [-0.3, -0.25) is 4.90 Å². The third-order valence-corrected chi connectivity index (χ3v) is 3.42. The van der Waals surface area contributed by atoms with Gasteiger partial charge in [0.2, 0.25) is 0 Å². The molecule has 1 fully saturated rings. The zero-order valence-corrected chi connectivity index (χ0v) is 11.0. The molecule has 1 saturated heterocycles. The Morgan fingerprint density at radius 2 is 2.22 bits per heavy atom. The normalized spacial score (nSPS) is 25.3. The molecule has 0 aromatic heterocycles. The summed E-state index contributed by atoms with van der Waals surface area (Å²) in [6, 6.07) is 5.16. The van der Waals surface area contributed by atoms with Crippen molar-refractivity contribution in [1.82, 2.24) is 4.90 Å². The van der Waals surface area contributed by atoms with E-state index in [1.54, 1.807) is 6.07 Å². The molecule has 0 bridgehead atoms. The van der Waals surface area contributed by atoms with Crippen molar-refractivity contribution in [2.75, 3.05) is 18.9 Å². The van der Waals surface area contributed by atoms with Crippen molar-refractivity contribution in [3.63, 3.8) is 0 Å². The average Bonchev–Trinajstić information content (AvgIpc) is 2.27. The van der Waals surface area contributed by atoms with E-state index < -0.39 is 0 Å². The number of morpholine rings is 1. The van der Waals surface area contributed by atoms with Gasteiger partial charge < -0.3 is 10.5 Å². The predicted octanol–water partition coefficient (Wildman–Crippen LogP) is 2.41. The maximum Gasteiger partial charge on any atom is 0.125 e. The Morgan fingerprint density at radius 1 is 1.44 bits per heavy atom. The minimum Gasteiger partial charge on any atom is -0.399 e. The third kappa shape index (κ3) is 3.21. The number of nitrogens with zero attached hydrogens (tertiary/aromatic N) is 1. The first-order valence-corrected chi connectivity index (χ1v) is 6.49. The van der Waals surface area contributed by atoms with Crippen LogP contribution in [0.5, 0.6) is 0 Å². The van der Waals surface area contributed by atoms with E-state index in [2.05, 4.69) is 18.7 Å². The fourth-order valence-electron chi connectivity index (χ4n) is 2.48. The van der Waals surface area contributed by atoms with Crippen LogP contribution in [-0.4, -0.2) is 30.2 Å². The molecule has 1 aliphatic heterocycles. The first kappa shape index (κ1) is 13.3. The number of ether oxygens (including phenoxy) is 1. The van der Waals surface area contributed by atoms with E-state index in [4.69, 9.17) is 10.5 Å². The van der Waals surface area contributed by atoms with Gasteiger partial charge in [-0.25, -0.2) is 4.39 Å². The number of halogens is 1. The minimum absolute atomic E-state index is 0.235. The van der Waals surface area contributed by atoms with E-state index in [0.717, 1.165) is 31.7 Å². The van der Waals surface area contributed by atoms with Crippen LogP contribution in [0.3, 0.4) is 0 Å². The molecular formula is C14H21FN2O. The monoisotopic (exact) mass is 252 g/mol. The molecule has 18 heavy (non-hydrogen) atoms. The second-order valence-corrected chi connectivity index (χ2v) is 5.03. The molecule has 3 nitrogen and oxygen atoms in total.